The number of nitriles is 2. The second kappa shape index (κ2) is 8.15. The number of rotatable bonds is 3. The van der Waals surface area contributed by atoms with E-state index in [1.165, 1.54) is 12.0 Å². The molecule has 2 unspecified atom stereocenters. The monoisotopic (exact) mass is 365 g/mol. The van der Waals surface area contributed by atoms with Crippen LogP contribution in [0.1, 0.15) is 36.8 Å². The van der Waals surface area contributed by atoms with E-state index in [0.29, 0.717) is 6.04 Å². The molecule has 2 atom stereocenters. The van der Waals surface area contributed by atoms with Crippen molar-refractivity contribution in [1.29, 1.82) is 10.5 Å². The molecule has 1 aliphatic heterocycles. The summed E-state index contributed by atoms with van der Waals surface area (Å²) in [6, 6.07) is 25.5. The van der Waals surface area contributed by atoms with Crippen molar-refractivity contribution in [2.45, 2.75) is 38.3 Å². The standard InChI is InChI=1S/C25H23N3/c26-16-21(17-27)23-15-25(20-11-5-2-6-12-20)28(18-19-9-3-1-4-10-19)24-14-8-7-13-22(23)24/h1-6,9-12,15,22,24H,7-8,13-14,18H2. The Morgan fingerprint density at radius 2 is 1.54 bits per heavy atom. The lowest BCUT2D eigenvalue weighted by Gasteiger charge is -2.46. The highest BCUT2D eigenvalue weighted by Gasteiger charge is 2.38. The molecule has 2 aromatic carbocycles. The molecule has 1 heterocycles. The van der Waals surface area contributed by atoms with Crippen molar-refractivity contribution in [1.82, 2.24) is 4.90 Å². The molecule has 138 valence electrons. The first-order valence-corrected chi connectivity index (χ1v) is 9.94. The fourth-order valence-electron chi connectivity index (χ4n) is 4.62. The molecule has 3 nitrogen and oxygen atoms in total. The summed E-state index contributed by atoms with van der Waals surface area (Å²) in [4.78, 5) is 2.50. The normalized spacial score (nSPS) is 21.1. The van der Waals surface area contributed by atoms with Gasteiger partial charge in [0.25, 0.3) is 0 Å². The molecule has 2 aromatic rings. The van der Waals surface area contributed by atoms with Crippen LogP contribution in [-0.2, 0) is 6.54 Å². The minimum absolute atomic E-state index is 0.249. The Morgan fingerprint density at radius 3 is 2.21 bits per heavy atom. The van der Waals surface area contributed by atoms with Crippen LogP contribution in [0.4, 0.5) is 0 Å². The maximum absolute atomic E-state index is 9.55. The number of nitrogens with zero attached hydrogens (tertiary/aromatic N) is 3. The quantitative estimate of drug-likeness (QED) is 0.680. The number of allylic oxidation sites excluding steroid dienone is 2. The largest absolute Gasteiger partial charge is 0.363 e. The van der Waals surface area contributed by atoms with Crippen molar-refractivity contribution in [3.8, 4) is 12.1 Å². The van der Waals surface area contributed by atoms with E-state index in [1.54, 1.807) is 0 Å². The molecule has 0 radical (unpaired) electrons. The highest BCUT2D eigenvalue weighted by atomic mass is 15.2. The second-order valence-corrected chi connectivity index (χ2v) is 7.52. The summed E-state index contributed by atoms with van der Waals surface area (Å²) in [5, 5.41) is 19.1. The van der Waals surface area contributed by atoms with E-state index < -0.39 is 0 Å². The molecule has 0 bridgehead atoms. The molecule has 2 aliphatic rings. The molecule has 0 N–H and O–H groups in total. The van der Waals surface area contributed by atoms with Crippen LogP contribution in [0.25, 0.3) is 5.70 Å². The molecule has 1 saturated carbocycles. The van der Waals surface area contributed by atoms with E-state index >= 15 is 0 Å². The van der Waals surface area contributed by atoms with Crippen LogP contribution in [0.2, 0.25) is 0 Å². The highest BCUT2D eigenvalue weighted by molar-refractivity contribution is 5.71. The molecule has 28 heavy (non-hydrogen) atoms. The van der Waals surface area contributed by atoms with Gasteiger partial charge in [0.2, 0.25) is 0 Å². The van der Waals surface area contributed by atoms with Crippen LogP contribution in [0.15, 0.2) is 77.9 Å². The van der Waals surface area contributed by atoms with Crippen LogP contribution in [0.5, 0.6) is 0 Å². The van der Waals surface area contributed by atoms with Gasteiger partial charge in [-0.2, -0.15) is 10.5 Å². The predicted octanol–water partition coefficient (Wildman–Crippen LogP) is 5.45. The second-order valence-electron chi connectivity index (χ2n) is 7.52. The van der Waals surface area contributed by atoms with Gasteiger partial charge in [0, 0.05) is 24.2 Å². The van der Waals surface area contributed by atoms with Crippen LogP contribution in [0, 0.1) is 28.6 Å². The minimum Gasteiger partial charge on any atom is -0.363 e. The van der Waals surface area contributed by atoms with Gasteiger partial charge in [-0.3, -0.25) is 0 Å². The average Bonchev–Trinajstić information content (AvgIpc) is 2.77. The third-order valence-electron chi connectivity index (χ3n) is 5.91. The van der Waals surface area contributed by atoms with Gasteiger partial charge < -0.3 is 4.90 Å². The summed E-state index contributed by atoms with van der Waals surface area (Å²) in [5.41, 5.74) is 4.73. The van der Waals surface area contributed by atoms with Gasteiger partial charge in [-0.25, -0.2) is 0 Å². The number of hydrogen-bond donors (Lipinski definition) is 0. The Kier molecular flexibility index (Phi) is 5.27. The van der Waals surface area contributed by atoms with Gasteiger partial charge in [-0.15, -0.1) is 0 Å². The summed E-state index contributed by atoms with van der Waals surface area (Å²) in [6.45, 7) is 0.838. The smallest absolute Gasteiger partial charge is 0.133 e. The third-order valence-corrected chi connectivity index (χ3v) is 5.91. The van der Waals surface area contributed by atoms with Crippen molar-refractivity contribution in [3.05, 3.63) is 89.0 Å². The predicted molar refractivity (Wildman–Crippen MR) is 110 cm³/mol. The van der Waals surface area contributed by atoms with Gasteiger partial charge in [0.05, 0.1) is 0 Å². The van der Waals surface area contributed by atoms with Crippen molar-refractivity contribution in [2.24, 2.45) is 5.92 Å². The summed E-state index contributed by atoms with van der Waals surface area (Å²) in [5.74, 6) is 0.249. The van der Waals surface area contributed by atoms with Gasteiger partial charge >= 0.3 is 0 Å². The number of fused-ring (bicyclic) bond motifs is 1. The van der Waals surface area contributed by atoms with E-state index in [9.17, 15) is 10.5 Å². The molecule has 0 spiro atoms. The molecular formula is C25H23N3. The summed E-state index contributed by atoms with van der Waals surface area (Å²) in [7, 11) is 0. The zero-order valence-corrected chi connectivity index (χ0v) is 15.9. The molecule has 0 amide bonds. The van der Waals surface area contributed by atoms with Crippen molar-refractivity contribution in [3.63, 3.8) is 0 Å². The topological polar surface area (TPSA) is 50.8 Å². The van der Waals surface area contributed by atoms with Gasteiger partial charge in [-0.1, -0.05) is 73.5 Å². The van der Waals surface area contributed by atoms with Gasteiger partial charge in [-0.05, 0) is 35.6 Å². The SMILES string of the molecule is N#CC(C#N)=C1C=C(c2ccccc2)N(Cc2ccccc2)C2CCCCC12. The van der Waals surface area contributed by atoms with E-state index in [-0.39, 0.29) is 11.5 Å². The lowest BCUT2D eigenvalue weighted by molar-refractivity contribution is 0.168. The van der Waals surface area contributed by atoms with Crippen molar-refractivity contribution < 1.29 is 0 Å². The van der Waals surface area contributed by atoms with Gasteiger partial charge in [0.15, 0.2) is 0 Å². The summed E-state index contributed by atoms with van der Waals surface area (Å²) in [6.07, 6.45) is 6.58. The van der Waals surface area contributed by atoms with Crippen LogP contribution in [-0.4, -0.2) is 10.9 Å². The van der Waals surface area contributed by atoms with Crippen LogP contribution < -0.4 is 0 Å². The zero-order chi connectivity index (χ0) is 19.3. The van der Waals surface area contributed by atoms with Crippen LogP contribution >= 0.6 is 0 Å². The highest BCUT2D eigenvalue weighted by Crippen LogP contribution is 2.44. The summed E-state index contributed by atoms with van der Waals surface area (Å²) < 4.78 is 0. The van der Waals surface area contributed by atoms with Crippen molar-refractivity contribution >= 4 is 5.70 Å². The third kappa shape index (κ3) is 3.45. The Morgan fingerprint density at radius 1 is 0.893 bits per heavy atom. The fourth-order valence-corrected chi connectivity index (χ4v) is 4.62. The molecular weight excluding hydrogens is 342 g/mol. The molecule has 4 rings (SSSR count). The van der Waals surface area contributed by atoms with Crippen LogP contribution in [0.3, 0.4) is 0 Å². The zero-order valence-electron chi connectivity index (χ0n) is 15.9. The first-order valence-electron chi connectivity index (χ1n) is 9.94. The van der Waals surface area contributed by atoms with Crippen molar-refractivity contribution in [2.75, 3.05) is 0 Å². The first kappa shape index (κ1) is 18.1. The minimum atomic E-state index is 0.249. The van der Waals surface area contributed by atoms with E-state index in [2.05, 4.69) is 59.5 Å². The Balaban J connectivity index is 1.87. The van der Waals surface area contributed by atoms with E-state index in [4.69, 9.17) is 0 Å². The molecule has 3 heteroatoms. The Bertz CT molecular complexity index is 958. The number of hydrogen-bond acceptors (Lipinski definition) is 3. The lowest BCUT2D eigenvalue weighted by atomic mass is 9.74. The Hall–Kier alpha value is -3.30. The number of benzene rings is 2. The average molecular weight is 365 g/mol. The fraction of sp³-hybridized carbons (Fsp3) is 0.280. The molecule has 1 fully saturated rings. The molecule has 0 saturated heterocycles. The maximum atomic E-state index is 9.55. The Labute approximate surface area is 166 Å². The maximum Gasteiger partial charge on any atom is 0.133 e. The first-order chi connectivity index (χ1) is 13.8. The summed E-state index contributed by atoms with van der Waals surface area (Å²) >= 11 is 0. The van der Waals surface area contributed by atoms with Gasteiger partial charge in [0.1, 0.15) is 17.7 Å². The van der Waals surface area contributed by atoms with E-state index in [1.807, 2.05) is 24.3 Å². The van der Waals surface area contributed by atoms with E-state index in [0.717, 1.165) is 42.6 Å². The molecule has 1 aliphatic carbocycles. The lowest BCUT2D eigenvalue weighted by Crippen LogP contribution is -2.44. The molecule has 0 aromatic heterocycles.